The van der Waals surface area contributed by atoms with Crippen LogP contribution in [0.4, 0.5) is 11.4 Å². The molecule has 0 spiro atoms. The fraction of sp³-hybridized carbons (Fsp3) is 0.194. The van der Waals surface area contributed by atoms with Gasteiger partial charge in [-0.2, -0.15) is 0 Å². The van der Waals surface area contributed by atoms with Gasteiger partial charge in [-0.3, -0.25) is 4.57 Å². The normalized spacial score (nSPS) is 17.2. The van der Waals surface area contributed by atoms with Gasteiger partial charge in [0.05, 0.1) is 12.4 Å². The van der Waals surface area contributed by atoms with Crippen molar-refractivity contribution in [1.29, 1.82) is 0 Å². The number of benzene rings is 4. The SMILES string of the molecule is [2H]C(C)(C)c1cccc(C([2H])(C)C([2H])([2H])[2H])c1-n1ccnc1-c1cccc(N2C=CN(c3c(O)ccc4c3oc3ccccc34)C2)c1. The van der Waals surface area contributed by atoms with Gasteiger partial charge in [0.25, 0.3) is 0 Å². The average Bonchev–Trinajstić information content (AvgIpc) is 3.78. The lowest BCUT2D eigenvalue weighted by Gasteiger charge is -2.23. The number of aromatic hydroxyl groups is 1. The summed E-state index contributed by atoms with van der Waals surface area (Å²) in [6.07, 6.45) is 7.23. The second-order valence-corrected chi connectivity index (χ2v) is 10.8. The molecule has 6 aromatic rings. The number of rotatable bonds is 6. The minimum absolute atomic E-state index is 0.115. The fourth-order valence-corrected chi connectivity index (χ4v) is 5.80. The third kappa shape index (κ3) is 4.22. The molecule has 2 aromatic heterocycles. The number of phenols is 1. The van der Waals surface area contributed by atoms with Gasteiger partial charge >= 0.3 is 0 Å². The summed E-state index contributed by atoms with van der Waals surface area (Å²) in [5.74, 6) is -2.36. The Hall–Kier alpha value is -4.97. The number of hydrogen-bond acceptors (Lipinski definition) is 5. The van der Waals surface area contributed by atoms with Crippen LogP contribution in [0.2, 0.25) is 0 Å². The van der Waals surface area contributed by atoms with E-state index in [2.05, 4.69) is 4.98 Å². The molecule has 7 rings (SSSR count). The summed E-state index contributed by atoms with van der Waals surface area (Å²) in [4.78, 5) is 8.66. The monoisotopic (exact) mass is 559 g/mol. The number of phenolic OH excluding ortho intramolecular Hbond substituents is 1. The summed E-state index contributed by atoms with van der Waals surface area (Å²) >= 11 is 0. The Morgan fingerprint density at radius 3 is 2.48 bits per heavy atom. The molecule has 0 amide bonds. The topological polar surface area (TPSA) is 57.7 Å². The lowest BCUT2D eigenvalue weighted by molar-refractivity contribution is 0.475. The van der Waals surface area contributed by atoms with Crippen LogP contribution >= 0.6 is 0 Å². The van der Waals surface area contributed by atoms with Gasteiger partial charge in [-0.25, -0.2) is 4.98 Å². The summed E-state index contributed by atoms with van der Waals surface area (Å²) < 4.78 is 50.4. The summed E-state index contributed by atoms with van der Waals surface area (Å²) in [5.41, 5.74) is 4.94. The average molecular weight is 560 g/mol. The minimum Gasteiger partial charge on any atom is -0.506 e. The predicted molar refractivity (Wildman–Crippen MR) is 172 cm³/mol. The molecule has 0 fully saturated rings. The van der Waals surface area contributed by atoms with Crippen molar-refractivity contribution in [3.8, 4) is 22.8 Å². The molecule has 3 heterocycles. The van der Waals surface area contributed by atoms with Crippen LogP contribution < -0.4 is 9.80 Å². The molecule has 6 heteroatoms. The zero-order valence-electron chi connectivity index (χ0n) is 28.7. The lowest BCUT2D eigenvalue weighted by Crippen LogP contribution is -2.24. The molecule has 1 aliphatic rings. The number of hydrogen-bond donors (Lipinski definition) is 1. The zero-order chi connectivity index (χ0) is 33.3. The van der Waals surface area contributed by atoms with E-state index in [0.717, 1.165) is 27.6 Å². The highest BCUT2D eigenvalue weighted by molar-refractivity contribution is 6.10. The van der Waals surface area contributed by atoms with Gasteiger partial charge < -0.3 is 19.3 Å². The maximum absolute atomic E-state index is 10.9. The predicted octanol–water partition coefficient (Wildman–Crippen LogP) is 9.15. The Balaban J connectivity index is 1.27. The van der Waals surface area contributed by atoms with Gasteiger partial charge in [0.2, 0.25) is 0 Å². The van der Waals surface area contributed by atoms with Crippen LogP contribution in [0.1, 0.15) is 57.4 Å². The summed E-state index contributed by atoms with van der Waals surface area (Å²) in [6.45, 7) is 2.70. The van der Waals surface area contributed by atoms with Crippen LogP contribution in [0.15, 0.2) is 108 Å². The van der Waals surface area contributed by atoms with E-state index in [1.807, 2.05) is 82.9 Å². The van der Waals surface area contributed by atoms with E-state index in [9.17, 15) is 5.11 Å². The van der Waals surface area contributed by atoms with Gasteiger partial charge in [0, 0.05) is 53.7 Å². The lowest BCUT2D eigenvalue weighted by atomic mass is 9.92. The number of nitrogens with zero attached hydrogens (tertiary/aromatic N) is 4. The molecule has 0 aliphatic carbocycles. The molecular formula is C36H34N4O2. The molecule has 0 radical (unpaired) electrons. The molecule has 1 atom stereocenters. The molecular weight excluding hydrogens is 520 g/mol. The molecule has 4 aromatic carbocycles. The maximum Gasteiger partial charge on any atom is 0.162 e. The Morgan fingerprint density at radius 1 is 0.857 bits per heavy atom. The van der Waals surface area contributed by atoms with Crippen LogP contribution in [0.5, 0.6) is 5.75 Å². The van der Waals surface area contributed by atoms with Crippen LogP contribution in [0.25, 0.3) is 39.0 Å². The first kappa shape index (κ1) is 20.8. The third-order valence-electron chi connectivity index (χ3n) is 7.81. The van der Waals surface area contributed by atoms with Crippen molar-refractivity contribution in [3.05, 3.63) is 115 Å². The number of fused-ring (bicyclic) bond motifs is 3. The molecule has 1 aliphatic heterocycles. The highest BCUT2D eigenvalue weighted by atomic mass is 16.3. The van der Waals surface area contributed by atoms with Crippen molar-refractivity contribution < 1.29 is 16.4 Å². The van der Waals surface area contributed by atoms with E-state index in [-0.39, 0.29) is 5.75 Å². The highest BCUT2D eigenvalue weighted by Crippen LogP contribution is 2.42. The van der Waals surface area contributed by atoms with E-state index in [0.29, 0.717) is 40.6 Å². The minimum atomic E-state index is -2.61. The molecule has 1 N–H and O–H groups in total. The zero-order valence-corrected chi connectivity index (χ0v) is 23.7. The van der Waals surface area contributed by atoms with Crippen LogP contribution in [-0.4, -0.2) is 21.3 Å². The van der Waals surface area contributed by atoms with E-state index in [1.54, 1.807) is 49.0 Å². The quantitative estimate of drug-likeness (QED) is 0.220. The van der Waals surface area contributed by atoms with Crippen molar-refractivity contribution in [2.24, 2.45) is 0 Å². The fourth-order valence-electron chi connectivity index (χ4n) is 5.80. The van der Waals surface area contributed by atoms with Crippen molar-refractivity contribution in [2.75, 3.05) is 16.5 Å². The van der Waals surface area contributed by atoms with E-state index in [1.165, 1.54) is 6.92 Å². The molecule has 0 saturated carbocycles. The van der Waals surface area contributed by atoms with E-state index < -0.39 is 18.6 Å². The Morgan fingerprint density at radius 2 is 1.64 bits per heavy atom. The van der Waals surface area contributed by atoms with Crippen LogP contribution in [0.3, 0.4) is 0 Å². The van der Waals surface area contributed by atoms with Gasteiger partial charge in [-0.1, -0.05) is 76.2 Å². The first-order valence-corrected chi connectivity index (χ1v) is 13.9. The number of anilines is 2. The number of imidazole rings is 1. The second-order valence-electron chi connectivity index (χ2n) is 10.8. The highest BCUT2D eigenvalue weighted by Gasteiger charge is 2.24. The first-order valence-electron chi connectivity index (χ1n) is 16.4. The van der Waals surface area contributed by atoms with Crippen LogP contribution in [0, 0.1) is 0 Å². The standard InChI is InChI=1S/C36H34N4O2/c1-23(2)27-12-8-13-28(24(3)4)33(27)40-18-17-37-36(40)25-9-7-10-26(21-25)38-19-20-39(22-38)34-31(41)16-15-30-29-11-5-6-14-32(29)42-35(30)34/h5-21,23-24,41H,22H2,1-4H3/i1D3,23D,24D. The molecule has 0 bridgehead atoms. The van der Waals surface area contributed by atoms with Crippen LogP contribution in [-0.2, 0) is 0 Å². The molecule has 6 nitrogen and oxygen atoms in total. The maximum atomic E-state index is 10.9. The second kappa shape index (κ2) is 10.1. The van der Waals surface area contributed by atoms with Gasteiger partial charge in [0.15, 0.2) is 5.58 Å². The number of aromatic nitrogens is 2. The first-order chi connectivity index (χ1) is 22.3. The van der Waals surface area contributed by atoms with Crippen molar-refractivity contribution >= 4 is 33.3 Å². The van der Waals surface area contributed by atoms with Crippen molar-refractivity contribution in [3.63, 3.8) is 0 Å². The molecule has 210 valence electrons. The van der Waals surface area contributed by atoms with Gasteiger partial charge in [-0.05, 0) is 53.2 Å². The summed E-state index contributed by atoms with van der Waals surface area (Å²) in [5, 5.41) is 12.8. The third-order valence-corrected chi connectivity index (χ3v) is 7.81. The smallest absolute Gasteiger partial charge is 0.162 e. The molecule has 0 saturated heterocycles. The number of para-hydroxylation sites is 2. The number of furan rings is 1. The van der Waals surface area contributed by atoms with Gasteiger partial charge in [-0.15, -0.1) is 0 Å². The summed E-state index contributed by atoms with van der Waals surface area (Å²) in [7, 11) is 0. The van der Waals surface area contributed by atoms with Gasteiger partial charge in [0.1, 0.15) is 22.8 Å². The Kier molecular flexibility index (Phi) is 5.03. The van der Waals surface area contributed by atoms with Crippen molar-refractivity contribution in [1.82, 2.24) is 9.55 Å². The van der Waals surface area contributed by atoms with E-state index in [4.69, 9.17) is 11.3 Å². The summed E-state index contributed by atoms with van der Waals surface area (Å²) in [6, 6.07) is 24.4. The molecule has 42 heavy (non-hydrogen) atoms. The van der Waals surface area contributed by atoms with E-state index >= 15 is 0 Å². The molecule has 1 unspecified atom stereocenters. The van der Waals surface area contributed by atoms with Crippen molar-refractivity contribution in [2.45, 2.75) is 39.4 Å². The Labute approximate surface area is 252 Å². The Bertz CT molecular complexity index is 2170. The largest absolute Gasteiger partial charge is 0.506 e.